The van der Waals surface area contributed by atoms with Crippen LogP contribution in [0.25, 0.3) is 5.69 Å². The second kappa shape index (κ2) is 8.97. The molecular weight excluding hydrogens is 492 g/mol. The summed E-state index contributed by atoms with van der Waals surface area (Å²) in [6.45, 7) is 0. The van der Waals surface area contributed by atoms with Gasteiger partial charge in [-0.1, -0.05) is 41.0 Å². The van der Waals surface area contributed by atoms with Crippen LogP contribution in [0.3, 0.4) is 0 Å². The molecule has 4 rings (SSSR count). The van der Waals surface area contributed by atoms with Crippen molar-refractivity contribution < 1.29 is 17.9 Å². The molecule has 0 unspecified atom stereocenters. The summed E-state index contributed by atoms with van der Waals surface area (Å²) < 4.78 is 42.7. The molecule has 1 aliphatic heterocycles. The number of hydrogen-bond acceptors (Lipinski definition) is 5. The van der Waals surface area contributed by atoms with Crippen LogP contribution < -0.4 is 10.3 Å². The van der Waals surface area contributed by atoms with Gasteiger partial charge in [0.05, 0.1) is 16.3 Å². The SMILES string of the molecule is O=c1c2c(nc(SCc3ccc(Cl)cc3Cl)n1-c1ccc(OC(F)(F)F)cc1)CCS2. The number of nitrogens with zero attached hydrogens (tertiary/aromatic N) is 2. The monoisotopic (exact) mass is 504 g/mol. The Bertz CT molecular complexity index is 1180. The summed E-state index contributed by atoms with van der Waals surface area (Å²) in [4.78, 5) is 18.4. The Labute approximate surface area is 193 Å². The summed E-state index contributed by atoms with van der Waals surface area (Å²) in [7, 11) is 0. The van der Waals surface area contributed by atoms with Gasteiger partial charge in [0.15, 0.2) is 5.16 Å². The fourth-order valence-electron chi connectivity index (χ4n) is 2.99. The van der Waals surface area contributed by atoms with Crippen LogP contribution in [0.5, 0.6) is 5.75 Å². The van der Waals surface area contributed by atoms with Crippen molar-refractivity contribution >= 4 is 46.7 Å². The quantitative estimate of drug-likeness (QED) is 0.298. The Morgan fingerprint density at radius 1 is 1.16 bits per heavy atom. The Morgan fingerprint density at radius 2 is 1.90 bits per heavy atom. The molecule has 0 saturated carbocycles. The highest BCUT2D eigenvalue weighted by atomic mass is 35.5. The molecular formula is C20H13Cl2F3N2O2S2. The Kier molecular flexibility index (Phi) is 6.48. The second-order valence-corrected chi connectivity index (χ2v) is 9.37. The van der Waals surface area contributed by atoms with Crippen LogP contribution in [0.4, 0.5) is 13.2 Å². The molecule has 0 saturated heterocycles. The maximum atomic E-state index is 13.2. The fourth-order valence-corrected chi connectivity index (χ4v) is 5.61. The van der Waals surface area contributed by atoms with E-state index in [9.17, 15) is 18.0 Å². The molecule has 11 heteroatoms. The molecule has 4 nitrogen and oxygen atoms in total. The molecule has 162 valence electrons. The van der Waals surface area contributed by atoms with E-state index in [2.05, 4.69) is 9.72 Å². The number of aromatic nitrogens is 2. The van der Waals surface area contributed by atoms with Gasteiger partial charge in [0.2, 0.25) is 0 Å². The third kappa shape index (κ3) is 5.16. The smallest absolute Gasteiger partial charge is 0.406 e. The molecule has 0 spiro atoms. The molecule has 1 aliphatic rings. The maximum absolute atomic E-state index is 13.2. The molecule has 0 fully saturated rings. The van der Waals surface area contributed by atoms with Crippen LogP contribution in [0.2, 0.25) is 10.0 Å². The Morgan fingerprint density at radius 3 is 2.58 bits per heavy atom. The van der Waals surface area contributed by atoms with Crippen LogP contribution in [0.15, 0.2) is 57.3 Å². The van der Waals surface area contributed by atoms with Crippen LogP contribution in [-0.2, 0) is 12.2 Å². The van der Waals surface area contributed by atoms with Gasteiger partial charge in [0, 0.05) is 28.0 Å². The first-order valence-electron chi connectivity index (χ1n) is 8.93. The minimum atomic E-state index is -4.79. The number of hydrogen-bond donors (Lipinski definition) is 0. The number of fused-ring (bicyclic) bond motifs is 1. The molecule has 0 N–H and O–H groups in total. The zero-order valence-electron chi connectivity index (χ0n) is 15.6. The highest BCUT2D eigenvalue weighted by Crippen LogP contribution is 2.33. The highest BCUT2D eigenvalue weighted by Gasteiger charge is 2.31. The average molecular weight is 505 g/mol. The van der Waals surface area contributed by atoms with Crippen molar-refractivity contribution in [2.24, 2.45) is 0 Å². The van der Waals surface area contributed by atoms with Gasteiger partial charge >= 0.3 is 6.36 Å². The number of thioether (sulfide) groups is 2. The number of alkyl halides is 3. The minimum Gasteiger partial charge on any atom is -0.406 e. The van der Waals surface area contributed by atoms with Crippen molar-refractivity contribution in [3.63, 3.8) is 0 Å². The first-order chi connectivity index (χ1) is 14.7. The molecule has 0 aliphatic carbocycles. The predicted molar refractivity (Wildman–Crippen MR) is 117 cm³/mol. The number of halogens is 5. The van der Waals surface area contributed by atoms with Crippen LogP contribution in [-0.4, -0.2) is 21.7 Å². The van der Waals surface area contributed by atoms with Crippen LogP contribution in [0.1, 0.15) is 11.3 Å². The largest absolute Gasteiger partial charge is 0.573 e. The van der Waals surface area contributed by atoms with Crippen molar-refractivity contribution in [2.45, 2.75) is 28.6 Å². The lowest BCUT2D eigenvalue weighted by atomic mass is 10.2. The van der Waals surface area contributed by atoms with E-state index in [-0.39, 0.29) is 11.3 Å². The Hall–Kier alpha value is -1.81. The van der Waals surface area contributed by atoms with Gasteiger partial charge in [0.1, 0.15) is 5.75 Å². The molecule has 0 amide bonds. The third-order valence-corrected chi connectivity index (χ3v) is 7.05. The maximum Gasteiger partial charge on any atom is 0.573 e. The first-order valence-corrected chi connectivity index (χ1v) is 11.7. The third-order valence-electron chi connectivity index (χ3n) is 4.37. The minimum absolute atomic E-state index is 0.248. The van der Waals surface area contributed by atoms with E-state index in [1.807, 2.05) is 0 Å². The van der Waals surface area contributed by atoms with E-state index >= 15 is 0 Å². The molecule has 1 aromatic heterocycles. The van der Waals surface area contributed by atoms with Gasteiger partial charge in [-0.25, -0.2) is 4.98 Å². The van der Waals surface area contributed by atoms with Crippen LogP contribution in [0, 0.1) is 0 Å². The molecule has 2 aromatic carbocycles. The number of ether oxygens (including phenoxy) is 1. The lowest BCUT2D eigenvalue weighted by molar-refractivity contribution is -0.274. The average Bonchev–Trinajstić information content (AvgIpc) is 3.16. The van der Waals surface area contributed by atoms with E-state index in [1.165, 1.54) is 52.4 Å². The van der Waals surface area contributed by atoms with Crippen molar-refractivity contribution in [2.75, 3.05) is 5.75 Å². The molecule has 0 bridgehead atoms. The van der Waals surface area contributed by atoms with Gasteiger partial charge in [-0.05, 0) is 42.0 Å². The van der Waals surface area contributed by atoms with E-state index in [0.29, 0.717) is 38.0 Å². The topological polar surface area (TPSA) is 44.1 Å². The Balaban J connectivity index is 1.70. The van der Waals surface area contributed by atoms with Crippen molar-refractivity contribution in [3.8, 4) is 11.4 Å². The number of rotatable bonds is 5. The van der Waals surface area contributed by atoms with Crippen molar-refractivity contribution in [1.82, 2.24) is 9.55 Å². The molecule has 31 heavy (non-hydrogen) atoms. The fraction of sp³-hybridized carbons (Fsp3) is 0.200. The predicted octanol–water partition coefficient (Wildman–Crippen LogP) is 6.38. The first kappa shape index (κ1) is 22.4. The zero-order chi connectivity index (χ0) is 22.2. The van der Waals surface area contributed by atoms with Gasteiger partial charge in [-0.2, -0.15) is 0 Å². The number of benzene rings is 2. The van der Waals surface area contributed by atoms with E-state index in [1.54, 1.807) is 18.2 Å². The molecule has 2 heterocycles. The lowest BCUT2D eigenvalue weighted by Gasteiger charge is -2.15. The summed E-state index contributed by atoms with van der Waals surface area (Å²) in [5.74, 6) is 0.825. The summed E-state index contributed by atoms with van der Waals surface area (Å²) in [6.07, 6.45) is -4.10. The van der Waals surface area contributed by atoms with Gasteiger partial charge in [0.25, 0.3) is 5.56 Å². The van der Waals surface area contributed by atoms with E-state index < -0.39 is 6.36 Å². The molecule has 0 radical (unpaired) electrons. The van der Waals surface area contributed by atoms with Gasteiger partial charge in [-0.3, -0.25) is 9.36 Å². The number of aryl methyl sites for hydroxylation is 1. The highest BCUT2D eigenvalue weighted by molar-refractivity contribution is 7.99. The van der Waals surface area contributed by atoms with Crippen molar-refractivity contribution in [1.29, 1.82) is 0 Å². The zero-order valence-corrected chi connectivity index (χ0v) is 18.7. The van der Waals surface area contributed by atoms with Gasteiger partial charge in [-0.15, -0.1) is 24.9 Å². The lowest BCUT2D eigenvalue weighted by Crippen LogP contribution is -2.24. The summed E-state index contributed by atoms with van der Waals surface area (Å²) >= 11 is 14.9. The summed E-state index contributed by atoms with van der Waals surface area (Å²) in [5, 5.41) is 1.45. The van der Waals surface area contributed by atoms with E-state index in [4.69, 9.17) is 23.2 Å². The molecule has 0 atom stereocenters. The van der Waals surface area contributed by atoms with E-state index in [0.717, 1.165) is 17.0 Å². The second-order valence-electron chi connectivity index (χ2n) is 6.48. The summed E-state index contributed by atoms with van der Waals surface area (Å²) in [6, 6.07) is 10.3. The van der Waals surface area contributed by atoms with Crippen LogP contribution >= 0.6 is 46.7 Å². The van der Waals surface area contributed by atoms with Gasteiger partial charge < -0.3 is 4.74 Å². The van der Waals surface area contributed by atoms with Crippen molar-refractivity contribution in [3.05, 3.63) is 74.1 Å². The summed E-state index contributed by atoms with van der Waals surface area (Å²) in [5.41, 5.74) is 1.70. The standard InChI is InChI=1S/C20H13Cl2F3N2O2S2/c21-12-2-1-11(15(22)9-12)10-31-19-26-16-7-8-30-17(16)18(28)27(19)13-3-5-14(6-4-13)29-20(23,24)25/h1-6,9H,7-8,10H2. The molecule has 3 aromatic rings. The normalized spacial score (nSPS) is 13.3.